The van der Waals surface area contributed by atoms with Crippen LogP contribution in [0, 0.1) is 13.8 Å². The molecule has 1 heterocycles. The van der Waals surface area contributed by atoms with Crippen LogP contribution in [0.2, 0.25) is 0 Å². The second-order valence-electron chi connectivity index (χ2n) is 5.97. The number of hydrogen-bond donors (Lipinski definition) is 1. The van der Waals surface area contributed by atoms with Gasteiger partial charge in [0, 0.05) is 17.3 Å². The van der Waals surface area contributed by atoms with Gasteiger partial charge in [0.1, 0.15) is 0 Å². The number of benzene rings is 2. The van der Waals surface area contributed by atoms with Crippen LogP contribution in [-0.2, 0) is 10.0 Å². The Labute approximate surface area is 152 Å². The second kappa shape index (κ2) is 7.13. The Kier molecular flexibility index (Phi) is 4.90. The minimum Gasteiger partial charge on any atom is -0.480 e. The van der Waals surface area contributed by atoms with Crippen molar-refractivity contribution in [2.75, 3.05) is 11.8 Å². The molecule has 0 atom stereocenters. The predicted octanol–water partition coefficient (Wildman–Crippen LogP) is 3.57. The molecular weight excluding hydrogens is 350 g/mol. The average molecular weight is 369 g/mol. The number of nitrogens with zero attached hydrogens (tertiary/aromatic N) is 2. The minimum absolute atomic E-state index is 0.250. The van der Waals surface area contributed by atoms with E-state index < -0.39 is 10.0 Å². The van der Waals surface area contributed by atoms with Crippen LogP contribution < -0.4 is 9.46 Å². The molecule has 0 unspecified atom stereocenters. The van der Waals surface area contributed by atoms with Gasteiger partial charge in [-0.05, 0) is 55.3 Å². The molecule has 1 aromatic heterocycles. The number of hydrogen-bond acceptors (Lipinski definition) is 5. The Hall–Kier alpha value is -2.93. The summed E-state index contributed by atoms with van der Waals surface area (Å²) in [5.41, 5.74) is 3.79. The van der Waals surface area contributed by atoms with Crippen molar-refractivity contribution >= 4 is 15.7 Å². The molecule has 3 aromatic rings. The lowest BCUT2D eigenvalue weighted by Gasteiger charge is -2.10. The third kappa shape index (κ3) is 4.00. The van der Waals surface area contributed by atoms with E-state index in [4.69, 9.17) is 4.74 Å². The quantitative estimate of drug-likeness (QED) is 0.743. The third-order valence-corrected chi connectivity index (χ3v) is 5.15. The highest BCUT2D eigenvalue weighted by atomic mass is 32.2. The highest BCUT2D eigenvalue weighted by Gasteiger charge is 2.15. The SMILES string of the molecule is COc1ccc(-c2ccc(NS(=O)(=O)c3cc(C)cc(C)c3)cc2)nn1. The maximum atomic E-state index is 12.6. The fourth-order valence-electron chi connectivity index (χ4n) is 2.59. The first kappa shape index (κ1) is 17.9. The lowest BCUT2D eigenvalue weighted by Crippen LogP contribution is -2.13. The van der Waals surface area contributed by atoms with E-state index in [0.29, 0.717) is 17.3 Å². The highest BCUT2D eigenvalue weighted by molar-refractivity contribution is 7.92. The van der Waals surface area contributed by atoms with Gasteiger partial charge < -0.3 is 4.74 Å². The van der Waals surface area contributed by atoms with Crippen LogP contribution in [-0.4, -0.2) is 25.7 Å². The number of rotatable bonds is 5. The molecule has 26 heavy (non-hydrogen) atoms. The number of aryl methyl sites for hydroxylation is 2. The van der Waals surface area contributed by atoms with Crippen LogP contribution in [0.15, 0.2) is 59.5 Å². The second-order valence-corrected chi connectivity index (χ2v) is 7.65. The summed E-state index contributed by atoms with van der Waals surface area (Å²) in [5.74, 6) is 0.437. The zero-order chi connectivity index (χ0) is 18.7. The summed E-state index contributed by atoms with van der Waals surface area (Å²) in [4.78, 5) is 0.250. The average Bonchev–Trinajstić information content (AvgIpc) is 2.61. The van der Waals surface area contributed by atoms with Gasteiger partial charge >= 0.3 is 0 Å². The molecule has 0 aliphatic carbocycles. The number of sulfonamides is 1. The van der Waals surface area contributed by atoms with Crippen LogP contribution in [0.5, 0.6) is 5.88 Å². The minimum atomic E-state index is -3.64. The first-order valence-corrected chi connectivity index (χ1v) is 9.45. The molecule has 7 heteroatoms. The Bertz CT molecular complexity index is 995. The van der Waals surface area contributed by atoms with Crippen molar-refractivity contribution in [2.45, 2.75) is 18.7 Å². The van der Waals surface area contributed by atoms with Gasteiger partial charge in [-0.3, -0.25) is 4.72 Å². The van der Waals surface area contributed by atoms with Crippen LogP contribution >= 0.6 is 0 Å². The van der Waals surface area contributed by atoms with Crippen LogP contribution in [0.3, 0.4) is 0 Å². The monoisotopic (exact) mass is 369 g/mol. The van der Waals surface area contributed by atoms with Crippen LogP contribution in [0.4, 0.5) is 5.69 Å². The van der Waals surface area contributed by atoms with Crippen molar-refractivity contribution in [3.8, 4) is 17.1 Å². The number of anilines is 1. The standard InChI is InChI=1S/C19H19N3O3S/c1-13-10-14(2)12-17(11-13)26(23,24)22-16-6-4-15(5-7-16)18-8-9-19(25-3)21-20-18/h4-12,22H,1-3H3. The molecule has 0 saturated heterocycles. The molecule has 6 nitrogen and oxygen atoms in total. The smallest absolute Gasteiger partial charge is 0.261 e. The summed E-state index contributed by atoms with van der Waals surface area (Å²) < 4.78 is 32.8. The number of ether oxygens (including phenoxy) is 1. The van der Waals surface area contributed by atoms with Crippen molar-refractivity contribution < 1.29 is 13.2 Å². The van der Waals surface area contributed by atoms with E-state index in [1.807, 2.05) is 19.9 Å². The molecule has 0 aliphatic heterocycles. The summed E-state index contributed by atoms with van der Waals surface area (Å²) in [5, 5.41) is 8.01. The molecule has 0 saturated carbocycles. The summed E-state index contributed by atoms with van der Waals surface area (Å²) in [7, 11) is -2.11. The van der Waals surface area contributed by atoms with Crippen LogP contribution in [0.1, 0.15) is 11.1 Å². The molecule has 0 aliphatic rings. The van der Waals surface area contributed by atoms with Gasteiger partial charge in [-0.15, -0.1) is 10.2 Å². The molecule has 2 aromatic carbocycles. The van der Waals surface area contributed by atoms with Gasteiger partial charge in [-0.25, -0.2) is 8.42 Å². The van der Waals surface area contributed by atoms with E-state index in [1.165, 1.54) is 7.11 Å². The molecule has 3 rings (SSSR count). The third-order valence-electron chi connectivity index (χ3n) is 3.79. The van der Waals surface area contributed by atoms with Crippen molar-refractivity contribution in [1.29, 1.82) is 0 Å². The van der Waals surface area contributed by atoms with Crippen LogP contribution in [0.25, 0.3) is 11.3 Å². The van der Waals surface area contributed by atoms with E-state index in [1.54, 1.807) is 48.5 Å². The number of aromatic nitrogens is 2. The van der Waals surface area contributed by atoms with E-state index >= 15 is 0 Å². The molecule has 0 fully saturated rings. The molecule has 1 N–H and O–H groups in total. The van der Waals surface area contributed by atoms with Crippen molar-refractivity contribution in [1.82, 2.24) is 10.2 Å². The lowest BCUT2D eigenvalue weighted by molar-refractivity contribution is 0.392. The maximum absolute atomic E-state index is 12.6. The maximum Gasteiger partial charge on any atom is 0.261 e. The Balaban J connectivity index is 1.82. The van der Waals surface area contributed by atoms with E-state index in [0.717, 1.165) is 16.7 Å². The van der Waals surface area contributed by atoms with Gasteiger partial charge in [0.25, 0.3) is 10.0 Å². The van der Waals surface area contributed by atoms with E-state index in [2.05, 4.69) is 14.9 Å². The Morgan fingerprint density at radius 1 is 0.885 bits per heavy atom. The Morgan fingerprint density at radius 3 is 2.08 bits per heavy atom. The largest absolute Gasteiger partial charge is 0.480 e. The summed E-state index contributed by atoms with van der Waals surface area (Å²) >= 11 is 0. The first-order chi connectivity index (χ1) is 12.4. The topological polar surface area (TPSA) is 81.2 Å². The van der Waals surface area contributed by atoms with E-state index in [-0.39, 0.29) is 4.90 Å². The fourth-order valence-corrected chi connectivity index (χ4v) is 3.84. The Morgan fingerprint density at radius 2 is 1.54 bits per heavy atom. The van der Waals surface area contributed by atoms with Gasteiger partial charge in [0.2, 0.25) is 5.88 Å². The molecule has 0 spiro atoms. The molecule has 0 bridgehead atoms. The molecule has 0 radical (unpaired) electrons. The summed E-state index contributed by atoms with van der Waals surface area (Å²) in [6.45, 7) is 3.74. The van der Waals surface area contributed by atoms with Gasteiger partial charge in [0.05, 0.1) is 17.7 Å². The van der Waals surface area contributed by atoms with Gasteiger partial charge in [-0.2, -0.15) is 0 Å². The summed E-state index contributed by atoms with van der Waals surface area (Å²) in [6, 6.07) is 15.7. The van der Waals surface area contributed by atoms with Crippen molar-refractivity contribution in [2.24, 2.45) is 0 Å². The lowest BCUT2D eigenvalue weighted by atomic mass is 10.1. The van der Waals surface area contributed by atoms with Gasteiger partial charge in [0.15, 0.2) is 0 Å². The number of methoxy groups -OCH3 is 1. The summed E-state index contributed by atoms with van der Waals surface area (Å²) in [6.07, 6.45) is 0. The highest BCUT2D eigenvalue weighted by Crippen LogP contribution is 2.23. The predicted molar refractivity (Wildman–Crippen MR) is 101 cm³/mol. The first-order valence-electron chi connectivity index (χ1n) is 7.97. The van der Waals surface area contributed by atoms with Crippen molar-refractivity contribution in [3.63, 3.8) is 0 Å². The zero-order valence-electron chi connectivity index (χ0n) is 14.7. The molecular formula is C19H19N3O3S. The fraction of sp³-hybridized carbons (Fsp3) is 0.158. The number of nitrogens with one attached hydrogen (secondary N) is 1. The van der Waals surface area contributed by atoms with Gasteiger partial charge in [-0.1, -0.05) is 18.2 Å². The van der Waals surface area contributed by atoms with E-state index in [9.17, 15) is 8.42 Å². The van der Waals surface area contributed by atoms with Crippen molar-refractivity contribution in [3.05, 3.63) is 65.7 Å². The zero-order valence-corrected chi connectivity index (χ0v) is 15.5. The normalized spacial score (nSPS) is 11.2. The molecule has 0 amide bonds. The molecule has 134 valence electrons.